The maximum Gasteiger partial charge on any atom is 0.135 e. The van der Waals surface area contributed by atoms with Crippen LogP contribution in [-0.4, -0.2) is 4.57 Å². The van der Waals surface area contributed by atoms with E-state index in [2.05, 4.69) is 227 Å². The minimum Gasteiger partial charge on any atom is -0.456 e. The number of hydrogen-bond acceptors (Lipinski definition) is 3. The summed E-state index contributed by atoms with van der Waals surface area (Å²) >= 11 is 0. The van der Waals surface area contributed by atoms with Gasteiger partial charge in [0.2, 0.25) is 0 Å². The number of hydrogen-bond donors (Lipinski definition) is 0. The lowest BCUT2D eigenvalue weighted by Crippen LogP contribution is -2.14. The summed E-state index contributed by atoms with van der Waals surface area (Å²) in [4.78, 5) is 4.77. The van der Waals surface area contributed by atoms with Gasteiger partial charge in [0, 0.05) is 50.0 Å². The summed E-state index contributed by atoms with van der Waals surface area (Å²) in [5, 5.41) is 4.53. The maximum atomic E-state index is 6.31. The van der Waals surface area contributed by atoms with Gasteiger partial charge in [-0.05, 0) is 102 Å². The minimum atomic E-state index is 0.868. The van der Waals surface area contributed by atoms with Gasteiger partial charge < -0.3 is 18.8 Å². The summed E-state index contributed by atoms with van der Waals surface area (Å²) in [6.07, 6.45) is 0. The Bertz CT molecular complexity index is 3170. The normalized spacial score (nSPS) is 11.4. The van der Waals surface area contributed by atoms with Crippen LogP contribution in [0.2, 0.25) is 0 Å². The molecule has 0 aliphatic rings. The average molecular weight is 744 g/mol. The van der Waals surface area contributed by atoms with E-state index in [1.54, 1.807) is 0 Å². The zero-order valence-corrected chi connectivity index (χ0v) is 31.6. The highest BCUT2D eigenvalue weighted by Gasteiger charge is 2.25. The van der Waals surface area contributed by atoms with Gasteiger partial charge in [0.1, 0.15) is 11.2 Å². The SMILES string of the molecule is c1ccc(-c2ccc(-n3c4ccccc4c4c(N(c5ccccc5)c5ccccc5)cc(N(c5ccccc5)c5ccc6oc7ccccc7c6c5)cc43)cc2)cc1. The van der Waals surface area contributed by atoms with E-state index in [1.807, 2.05) is 12.1 Å². The first-order valence-corrected chi connectivity index (χ1v) is 19.7. The van der Waals surface area contributed by atoms with Crippen molar-refractivity contribution < 1.29 is 4.42 Å². The number of nitrogens with zero attached hydrogens (tertiary/aromatic N) is 3. The van der Waals surface area contributed by atoms with Crippen molar-refractivity contribution in [2.75, 3.05) is 9.80 Å². The molecule has 0 aliphatic heterocycles. The van der Waals surface area contributed by atoms with Crippen molar-refractivity contribution in [2.24, 2.45) is 0 Å². The molecule has 2 heterocycles. The van der Waals surface area contributed by atoms with Gasteiger partial charge >= 0.3 is 0 Å². The summed E-state index contributed by atoms with van der Waals surface area (Å²) in [5.74, 6) is 0. The van der Waals surface area contributed by atoms with Crippen LogP contribution in [0.5, 0.6) is 0 Å². The second-order valence-electron chi connectivity index (χ2n) is 14.6. The Kier molecular flexibility index (Phi) is 8.11. The Morgan fingerprint density at radius 3 is 1.53 bits per heavy atom. The molecule has 58 heavy (non-hydrogen) atoms. The second-order valence-corrected chi connectivity index (χ2v) is 14.6. The number of rotatable bonds is 8. The van der Waals surface area contributed by atoms with Crippen molar-refractivity contribution in [2.45, 2.75) is 0 Å². The number of benzene rings is 9. The number of para-hydroxylation sites is 5. The Labute approximate surface area is 336 Å². The molecule has 274 valence electrons. The zero-order valence-electron chi connectivity index (χ0n) is 31.6. The molecule has 0 bridgehead atoms. The molecule has 0 amide bonds. The highest BCUT2D eigenvalue weighted by Crippen LogP contribution is 2.48. The third-order valence-corrected chi connectivity index (χ3v) is 11.1. The van der Waals surface area contributed by atoms with Crippen LogP contribution in [0, 0.1) is 0 Å². The Morgan fingerprint density at radius 1 is 0.328 bits per heavy atom. The summed E-state index contributed by atoms with van der Waals surface area (Å²) in [5.41, 5.74) is 13.8. The minimum absolute atomic E-state index is 0.868. The molecule has 9 aromatic carbocycles. The Balaban J connectivity index is 1.24. The van der Waals surface area contributed by atoms with Crippen LogP contribution in [0.1, 0.15) is 0 Å². The first-order valence-electron chi connectivity index (χ1n) is 19.7. The van der Waals surface area contributed by atoms with Crippen molar-refractivity contribution in [1.29, 1.82) is 0 Å². The van der Waals surface area contributed by atoms with E-state index >= 15 is 0 Å². The van der Waals surface area contributed by atoms with E-state index < -0.39 is 0 Å². The van der Waals surface area contributed by atoms with Crippen molar-refractivity contribution in [3.63, 3.8) is 0 Å². The number of anilines is 6. The molecule has 4 heteroatoms. The van der Waals surface area contributed by atoms with Crippen LogP contribution >= 0.6 is 0 Å². The largest absolute Gasteiger partial charge is 0.456 e. The van der Waals surface area contributed by atoms with Gasteiger partial charge in [0.25, 0.3) is 0 Å². The average Bonchev–Trinajstić information content (AvgIpc) is 3.84. The third kappa shape index (κ3) is 5.70. The monoisotopic (exact) mass is 743 g/mol. The number of fused-ring (bicyclic) bond motifs is 6. The van der Waals surface area contributed by atoms with Gasteiger partial charge in [-0.3, -0.25) is 0 Å². The first-order chi connectivity index (χ1) is 28.8. The molecule has 2 aromatic heterocycles. The lowest BCUT2D eigenvalue weighted by Gasteiger charge is -2.30. The maximum absolute atomic E-state index is 6.31. The van der Waals surface area contributed by atoms with E-state index in [-0.39, 0.29) is 0 Å². The van der Waals surface area contributed by atoms with Crippen LogP contribution < -0.4 is 9.80 Å². The highest BCUT2D eigenvalue weighted by atomic mass is 16.3. The van der Waals surface area contributed by atoms with Crippen molar-refractivity contribution >= 4 is 77.9 Å². The van der Waals surface area contributed by atoms with Gasteiger partial charge in [-0.25, -0.2) is 0 Å². The third-order valence-electron chi connectivity index (χ3n) is 11.1. The van der Waals surface area contributed by atoms with Crippen LogP contribution in [-0.2, 0) is 0 Å². The van der Waals surface area contributed by atoms with Crippen molar-refractivity contribution in [1.82, 2.24) is 4.57 Å². The molecule has 0 spiro atoms. The summed E-state index contributed by atoms with van der Waals surface area (Å²) in [6.45, 7) is 0. The molecule has 11 rings (SSSR count). The first kappa shape index (κ1) is 33.5. The quantitative estimate of drug-likeness (QED) is 0.155. The molecular formula is C54H37N3O. The summed E-state index contributed by atoms with van der Waals surface area (Å²) in [6, 6.07) is 80.0. The van der Waals surface area contributed by atoms with Gasteiger partial charge in [0.05, 0.1) is 22.4 Å². The molecule has 0 atom stereocenters. The topological polar surface area (TPSA) is 24.6 Å². The molecular weight excluding hydrogens is 707 g/mol. The van der Waals surface area contributed by atoms with E-state index in [9.17, 15) is 0 Å². The molecule has 0 saturated heterocycles. The van der Waals surface area contributed by atoms with Gasteiger partial charge in [0.15, 0.2) is 0 Å². The van der Waals surface area contributed by atoms with E-state index in [0.29, 0.717) is 0 Å². The predicted molar refractivity (Wildman–Crippen MR) is 243 cm³/mol. The molecule has 0 aliphatic carbocycles. The van der Waals surface area contributed by atoms with Crippen LogP contribution in [0.4, 0.5) is 34.1 Å². The number of aromatic nitrogens is 1. The van der Waals surface area contributed by atoms with Crippen LogP contribution in [0.25, 0.3) is 60.6 Å². The number of furan rings is 1. The Hall–Kier alpha value is -7.82. The van der Waals surface area contributed by atoms with Gasteiger partial charge in [-0.2, -0.15) is 0 Å². The summed E-state index contributed by atoms with van der Waals surface area (Å²) < 4.78 is 8.74. The van der Waals surface area contributed by atoms with Crippen LogP contribution in [0.3, 0.4) is 0 Å². The lowest BCUT2D eigenvalue weighted by molar-refractivity contribution is 0.669. The van der Waals surface area contributed by atoms with Gasteiger partial charge in [-0.15, -0.1) is 0 Å². The molecule has 0 saturated carbocycles. The van der Waals surface area contributed by atoms with E-state index in [0.717, 1.165) is 72.8 Å². The standard InChI is InChI=1S/C54H37N3O/c1-5-17-38(18-6-1)39-29-31-43(32-30-39)57-49-27-15-13-26-47(49)54-50(56(41-21-9-3-10-22-41)42-23-11-4-12-24-42)36-45(37-51(54)57)55(40-19-7-2-8-20-40)44-33-34-53-48(35-44)46-25-14-16-28-52(46)58-53/h1-37H. The van der Waals surface area contributed by atoms with E-state index in [4.69, 9.17) is 4.42 Å². The van der Waals surface area contributed by atoms with Gasteiger partial charge in [-0.1, -0.05) is 133 Å². The zero-order chi connectivity index (χ0) is 38.4. The molecule has 0 fully saturated rings. The molecule has 0 radical (unpaired) electrons. The fourth-order valence-electron chi connectivity index (χ4n) is 8.54. The molecule has 4 nitrogen and oxygen atoms in total. The Morgan fingerprint density at radius 2 is 0.862 bits per heavy atom. The second kappa shape index (κ2) is 14.0. The lowest BCUT2D eigenvalue weighted by atomic mass is 10.0. The molecule has 11 aromatic rings. The van der Waals surface area contributed by atoms with Crippen molar-refractivity contribution in [3.8, 4) is 16.8 Å². The molecule has 0 unspecified atom stereocenters. The fraction of sp³-hybridized carbons (Fsp3) is 0. The van der Waals surface area contributed by atoms with E-state index in [1.165, 1.54) is 21.9 Å². The molecule has 0 N–H and O–H groups in total. The summed E-state index contributed by atoms with van der Waals surface area (Å²) in [7, 11) is 0. The van der Waals surface area contributed by atoms with Crippen molar-refractivity contribution in [3.05, 3.63) is 224 Å². The predicted octanol–water partition coefficient (Wildman–Crippen LogP) is 15.3. The fourth-order valence-corrected chi connectivity index (χ4v) is 8.54. The van der Waals surface area contributed by atoms with Crippen LogP contribution in [0.15, 0.2) is 229 Å². The smallest absolute Gasteiger partial charge is 0.135 e. The highest BCUT2D eigenvalue weighted by molar-refractivity contribution is 6.18.